The average Bonchev–Trinajstić information content (AvgIpc) is 2.57. The summed E-state index contributed by atoms with van der Waals surface area (Å²) >= 11 is 0. The van der Waals surface area contributed by atoms with E-state index >= 15 is 0 Å². The third kappa shape index (κ3) is 5.23. The molecular formula is C23H31F2N. The molecule has 0 unspecified atom stereocenters. The van der Waals surface area contributed by atoms with Crippen molar-refractivity contribution >= 4 is 11.3 Å². The molecule has 0 aliphatic rings. The lowest BCUT2D eigenvalue weighted by Crippen LogP contribution is -2.00. The maximum absolute atomic E-state index is 13.8. The monoisotopic (exact) mass is 359 g/mol. The first kappa shape index (κ1) is 22.0. The molecule has 1 rings (SSSR count). The molecule has 1 aromatic carbocycles. The van der Waals surface area contributed by atoms with Crippen molar-refractivity contribution in [3.63, 3.8) is 0 Å². The number of allylic oxidation sites excluding steroid dienone is 6. The number of aliphatic imine (C=N–C) groups is 1. The van der Waals surface area contributed by atoms with E-state index in [9.17, 15) is 8.78 Å². The second-order valence-corrected chi connectivity index (χ2v) is 6.86. The number of nitrogens with zero attached hydrogens (tertiary/aromatic N) is 1. The van der Waals surface area contributed by atoms with Crippen molar-refractivity contribution < 1.29 is 8.78 Å². The maximum Gasteiger partial charge on any atom is 0.159 e. The summed E-state index contributed by atoms with van der Waals surface area (Å²) in [6.45, 7) is 16.4. The van der Waals surface area contributed by atoms with Crippen molar-refractivity contribution in [3.05, 3.63) is 63.4 Å². The number of hydrogen-bond acceptors (Lipinski definition) is 1. The lowest BCUT2D eigenvalue weighted by atomic mass is 9.86. The number of halogens is 2. The van der Waals surface area contributed by atoms with E-state index in [1.54, 1.807) is 6.07 Å². The Bertz CT molecular complexity index is 788. The van der Waals surface area contributed by atoms with Gasteiger partial charge in [0.05, 0.1) is 0 Å². The first-order valence-corrected chi connectivity index (χ1v) is 9.18. The van der Waals surface area contributed by atoms with Gasteiger partial charge in [-0.25, -0.2) is 8.78 Å². The quantitative estimate of drug-likeness (QED) is 0.365. The van der Waals surface area contributed by atoms with Gasteiger partial charge >= 0.3 is 0 Å². The van der Waals surface area contributed by atoms with Crippen molar-refractivity contribution in [3.8, 4) is 0 Å². The zero-order valence-corrected chi connectivity index (χ0v) is 17.3. The molecule has 0 spiro atoms. The largest absolute Gasteiger partial charge is 0.263 e. The van der Waals surface area contributed by atoms with E-state index in [4.69, 9.17) is 0 Å². The van der Waals surface area contributed by atoms with Gasteiger partial charge in [0.15, 0.2) is 11.6 Å². The average molecular weight is 360 g/mol. The van der Waals surface area contributed by atoms with Gasteiger partial charge in [-0.15, -0.1) is 0 Å². The smallest absolute Gasteiger partial charge is 0.159 e. The van der Waals surface area contributed by atoms with Crippen molar-refractivity contribution in [2.24, 2.45) is 4.99 Å². The van der Waals surface area contributed by atoms with E-state index in [2.05, 4.69) is 32.7 Å². The van der Waals surface area contributed by atoms with Gasteiger partial charge in [-0.2, -0.15) is 0 Å². The highest BCUT2D eigenvalue weighted by molar-refractivity contribution is 5.80. The predicted molar refractivity (Wildman–Crippen MR) is 109 cm³/mol. The summed E-state index contributed by atoms with van der Waals surface area (Å²) in [5.41, 5.74) is 8.38. The van der Waals surface area contributed by atoms with Crippen LogP contribution >= 0.6 is 0 Å². The molecule has 0 radical (unpaired) electrons. The maximum atomic E-state index is 13.8. The van der Waals surface area contributed by atoms with E-state index in [0.29, 0.717) is 0 Å². The summed E-state index contributed by atoms with van der Waals surface area (Å²) < 4.78 is 27.1. The zero-order chi connectivity index (χ0) is 20.0. The van der Waals surface area contributed by atoms with E-state index in [-0.39, 0.29) is 0 Å². The van der Waals surface area contributed by atoms with Gasteiger partial charge in [0.2, 0.25) is 0 Å². The Morgan fingerprint density at radius 3 is 1.92 bits per heavy atom. The molecular weight excluding hydrogens is 328 g/mol. The van der Waals surface area contributed by atoms with Crippen LogP contribution in [0.25, 0.3) is 5.57 Å². The molecule has 0 atom stereocenters. The Hall–Kier alpha value is -2.03. The summed E-state index contributed by atoms with van der Waals surface area (Å²) in [6, 6.07) is 4.14. The van der Waals surface area contributed by atoms with Gasteiger partial charge in [0.1, 0.15) is 0 Å². The Kier molecular flexibility index (Phi) is 8.13. The fourth-order valence-corrected chi connectivity index (χ4v) is 3.22. The SMILES string of the molecule is CC/C(C)=C(C(/C)=C(/C)N=C(C)C)\C(C)=C(/CC)c1ccc(F)c(F)c1. The van der Waals surface area contributed by atoms with Crippen molar-refractivity contribution in [1.29, 1.82) is 0 Å². The summed E-state index contributed by atoms with van der Waals surface area (Å²) in [5, 5.41) is 0. The molecule has 142 valence electrons. The van der Waals surface area contributed by atoms with Crippen LogP contribution in [0, 0.1) is 11.6 Å². The van der Waals surface area contributed by atoms with Crippen LogP contribution in [0.1, 0.15) is 73.8 Å². The molecule has 1 nitrogen and oxygen atoms in total. The van der Waals surface area contributed by atoms with Crippen molar-refractivity contribution in [2.45, 2.75) is 68.2 Å². The second-order valence-electron chi connectivity index (χ2n) is 6.86. The molecule has 0 aliphatic heterocycles. The number of benzene rings is 1. The van der Waals surface area contributed by atoms with Gasteiger partial charge in [-0.3, -0.25) is 4.99 Å². The van der Waals surface area contributed by atoms with E-state index in [1.165, 1.54) is 17.7 Å². The van der Waals surface area contributed by atoms with Crippen molar-refractivity contribution in [1.82, 2.24) is 0 Å². The first-order chi connectivity index (χ1) is 12.1. The van der Waals surface area contributed by atoms with Gasteiger partial charge in [0, 0.05) is 11.4 Å². The normalized spacial score (nSPS) is 14.4. The highest BCUT2D eigenvalue weighted by Crippen LogP contribution is 2.34. The lowest BCUT2D eigenvalue weighted by molar-refractivity contribution is 0.508. The van der Waals surface area contributed by atoms with Crippen LogP contribution in [0.2, 0.25) is 0 Å². The second kappa shape index (κ2) is 9.61. The van der Waals surface area contributed by atoms with Gasteiger partial charge in [-0.1, -0.05) is 25.5 Å². The Labute approximate surface area is 157 Å². The number of rotatable bonds is 6. The molecule has 0 bridgehead atoms. The number of hydrogen-bond donors (Lipinski definition) is 0. The van der Waals surface area contributed by atoms with Gasteiger partial charge in [-0.05, 0) is 94.4 Å². The molecule has 0 amide bonds. The Balaban J connectivity index is 3.71. The topological polar surface area (TPSA) is 12.4 Å². The summed E-state index contributed by atoms with van der Waals surface area (Å²) in [4.78, 5) is 4.61. The van der Waals surface area contributed by atoms with Gasteiger partial charge in [0.25, 0.3) is 0 Å². The zero-order valence-electron chi connectivity index (χ0n) is 17.3. The van der Waals surface area contributed by atoms with Crippen LogP contribution < -0.4 is 0 Å². The Morgan fingerprint density at radius 1 is 0.846 bits per heavy atom. The van der Waals surface area contributed by atoms with Crippen LogP contribution in [0.5, 0.6) is 0 Å². The summed E-state index contributed by atoms with van der Waals surface area (Å²) in [5.74, 6) is -1.63. The summed E-state index contributed by atoms with van der Waals surface area (Å²) in [7, 11) is 0. The standard InChI is InChI=1S/C23H31F2N/c1-9-15(5)23(16(6)18(8)26-14(3)4)17(7)20(10-2)19-11-12-21(24)22(25)13-19/h11-13H,9-10H2,1-8H3/b18-16-,20-17+,23-15-. The fourth-order valence-electron chi connectivity index (χ4n) is 3.22. The van der Waals surface area contributed by atoms with Crippen LogP contribution in [-0.4, -0.2) is 5.71 Å². The molecule has 26 heavy (non-hydrogen) atoms. The Morgan fingerprint density at radius 2 is 1.46 bits per heavy atom. The summed E-state index contributed by atoms with van der Waals surface area (Å²) in [6.07, 6.45) is 1.65. The van der Waals surface area contributed by atoms with Crippen LogP contribution in [0.15, 0.2) is 51.2 Å². The van der Waals surface area contributed by atoms with Gasteiger partial charge < -0.3 is 0 Å². The third-order valence-corrected chi connectivity index (χ3v) is 4.72. The first-order valence-electron chi connectivity index (χ1n) is 9.18. The van der Waals surface area contributed by atoms with Crippen LogP contribution in [0.3, 0.4) is 0 Å². The third-order valence-electron chi connectivity index (χ3n) is 4.72. The van der Waals surface area contributed by atoms with Crippen LogP contribution in [0.4, 0.5) is 8.78 Å². The van der Waals surface area contributed by atoms with E-state index < -0.39 is 11.6 Å². The van der Waals surface area contributed by atoms with E-state index in [0.717, 1.165) is 52.1 Å². The molecule has 1 aromatic rings. The molecule has 3 heteroatoms. The molecule has 0 fully saturated rings. The fraction of sp³-hybridized carbons (Fsp3) is 0.435. The molecule has 0 saturated heterocycles. The molecule has 0 N–H and O–H groups in total. The highest BCUT2D eigenvalue weighted by atomic mass is 19.2. The van der Waals surface area contributed by atoms with E-state index in [1.807, 2.05) is 27.7 Å². The minimum absolute atomic E-state index is 0.728. The minimum atomic E-state index is -0.818. The molecule has 0 saturated carbocycles. The van der Waals surface area contributed by atoms with Crippen LogP contribution in [-0.2, 0) is 0 Å². The lowest BCUT2D eigenvalue weighted by Gasteiger charge is -2.19. The van der Waals surface area contributed by atoms with Crippen molar-refractivity contribution in [2.75, 3.05) is 0 Å². The molecule has 0 aliphatic carbocycles. The molecule has 0 aromatic heterocycles. The highest BCUT2D eigenvalue weighted by Gasteiger charge is 2.15. The predicted octanol–water partition coefficient (Wildman–Crippen LogP) is 7.65. The molecule has 0 heterocycles. The minimum Gasteiger partial charge on any atom is -0.263 e.